The zero-order valence-electron chi connectivity index (χ0n) is 16.2. The Morgan fingerprint density at radius 1 is 0.967 bits per heavy atom. The first-order chi connectivity index (χ1) is 14.6. The van der Waals surface area contributed by atoms with Gasteiger partial charge >= 0.3 is 0 Å². The van der Waals surface area contributed by atoms with Gasteiger partial charge in [-0.05, 0) is 37.3 Å². The van der Waals surface area contributed by atoms with Gasteiger partial charge in [0.2, 0.25) is 0 Å². The SMILES string of the molecule is CC(Oc1ccccc1)C(=O)Nc1ccccc1-c1csc(-c2ccccc2F)n1. The van der Waals surface area contributed by atoms with Crippen LogP contribution in [0.1, 0.15) is 6.92 Å². The van der Waals surface area contributed by atoms with Crippen LogP contribution in [0.15, 0.2) is 84.2 Å². The fraction of sp³-hybridized carbons (Fsp3) is 0.0833. The first-order valence-corrected chi connectivity index (χ1v) is 10.3. The van der Waals surface area contributed by atoms with Crippen molar-refractivity contribution in [3.8, 4) is 27.6 Å². The lowest BCUT2D eigenvalue weighted by Gasteiger charge is -2.16. The maximum absolute atomic E-state index is 14.1. The minimum Gasteiger partial charge on any atom is -0.481 e. The summed E-state index contributed by atoms with van der Waals surface area (Å²) < 4.78 is 19.8. The summed E-state index contributed by atoms with van der Waals surface area (Å²) in [6, 6.07) is 23.1. The number of anilines is 1. The number of amides is 1. The van der Waals surface area contributed by atoms with Gasteiger partial charge in [-0.2, -0.15) is 0 Å². The van der Waals surface area contributed by atoms with Crippen LogP contribution >= 0.6 is 11.3 Å². The van der Waals surface area contributed by atoms with E-state index in [-0.39, 0.29) is 11.7 Å². The van der Waals surface area contributed by atoms with Gasteiger partial charge in [0.05, 0.1) is 11.4 Å². The normalized spacial score (nSPS) is 11.7. The summed E-state index contributed by atoms with van der Waals surface area (Å²) in [6.07, 6.45) is -0.676. The number of para-hydroxylation sites is 2. The molecule has 1 amide bonds. The molecule has 6 heteroatoms. The Morgan fingerprint density at radius 3 is 2.40 bits per heavy atom. The van der Waals surface area contributed by atoms with Crippen molar-refractivity contribution in [1.29, 1.82) is 0 Å². The van der Waals surface area contributed by atoms with E-state index in [1.54, 1.807) is 37.3 Å². The van der Waals surface area contributed by atoms with E-state index < -0.39 is 6.10 Å². The van der Waals surface area contributed by atoms with Gasteiger partial charge in [-0.1, -0.05) is 48.5 Å². The number of carbonyl (C=O) groups excluding carboxylic acids is 1. The van der Waals surface area contributed by atoms with Crippen molar-refractivity contribution in [3.05, 3.63) is 90.1 Å². The van der Waals surface area contributed by atoms with Crippen molar-refractivity contribution in [2.24, 2.45) is 0 Å². The number of benzene rings is 3. The quantitative estimate of drug-likeness (QED) is 0.416. The topological polar surface area (TPSA) is 51.2 Å². The number of halogens is 1. The second-order valence-corrected chi connectivity index (χ2v) is 7.48. The van der Waals surface area contributed by atoms with E-state index in [2.05, 4.69) is 10.3 Å². The van der Waals surface area contributed by atoms with E-state index in [4.69, 9.17) is 4.74 Å². The monoisotopic (exact) mass is 418 g/mol. The van der Waals surface area contributed by atoms with Gasteiger partial charge in [-0.3, -0.25) is 4.79 Å². The number of nitrogens with zero attached hydrogens (tertiary/aromatic N) is 1. The highest BCUT2D eigenvalue weighted by molar-refractivity contribution is 7.13. The predicted molar refractivity (Wildman–Crippen MR) is 118 cm³/mol. The van der Waals surface area contributed by atoms with Gasteiger partial charge in [-0.15, -0.1) is 11.3 Å². The number of rotatable bonds is 6. The summed E-state index contributed by atoms with van der Waals surface area (Å²) in [5, 5.41) is 5.36. The van der Waals surface area contributed by atoms with E-state index in [1.807, 2.05) is 47.8 Å². The maximum Gasteiger partial charge on any atom is 0.265 e. The molecule has 0 aliphatic carbocycles. The Kier molecular flexibility index (Phi) is 5.86. The Bertz CT molecular complexity index is 1160. The summed E-state index contributed by atoms with van der Waals surface area (Å²) in [7, 11) is 0. The minimum absolute atomic E-state index is 0.268. The molecule has 0 aliphatic heterocycles. The zero-order chi connectivity index (χ0) is 20.9. The molecule has 1 aromatic heterocycles. The molecule has 4 nitrogen and oxygen atoms in total. The van der Waals surface area contributed by atoms with Crippen LogP contribution in [0.5, 0.6) is 5.75 Å². The molecular formula is C24H19FN2O2S. The molecular weight excluding hydrogens is 399 g/mol. The van der Waals surface area contributed by atoms with Crippen LogP contribution in [0, 0.1) is 5.82 Å². The summed E-state index contributed by atoms with van der Waals surface area (Å²) in [6.45, 7) is 1.70. The molecule has 0 saturated carbocycles. The molecule has 0 aliphatic rings. The van der Waals surface area contributed by atoms with Crippen molar-refractivity contribution >= 4 is 22.9 Å². The molecule has 150 valence electrons. The lowest BCUT2D eigenvalue weighted by molar-refractivity contribution is -0.122. The number of aromatic nitrogens is 1. The van der Waals surface area contributed by atoms with Gasteiger partial charge in [0.15, 0.2) is 6.10 Å². The molecule has 30 heavy (non-hydrogen) atoms. The molecule has 0 fully saturated rings. The molecule has 0 saturated heterocycles. The standard InChI is InChI=1S/C24H19FN2O2S/c1-16(29-17-9-3-2-4-10-17)23(28)26-21-14-8-6-12-19(21)22-15-30-24(27-22)18-11-5-7-13-20(18)25/h2-16H,1H3,(H,26,28). The van der Waals surface area contributed by atoms with Crippen LogP contribution in [0.25, 0.3) is 21.8 Å². The van der Waals surface area contributed by atoms with Crippen LogP contribution in [0.3, 0.4) is 0 Å². The molecule has 1 N–H and O–H groups in total. The first kappa shape index (κ1) is 19.8. The number of hydrogen-bond donors (Lipinski definition) is 1. The molecule has 0 spiro atoms. The highest BCUT2D eigenvalue weighted by Gasteiger charge is 2.18. The number of thiazole rings is 1. The van der Waals surface area contributed by atoms with Crippen molar-refractivity contribution in [3.63, 3.8) is 0 Å². The molecule has 0 bridgehead atoms. The van der Waals surface area contributed by atoms with Crippen LogP contribution in [-0.2, 0) is 4.79 Å². The average molecular weight is 418 g/mol. The Hall–Kier alpha value is -3.51. The van der Waals surface area contributed by atoms with Gasteiger partial charge in [-0.25, -0.2) is 9.37 Å². The van der Waals surface area contributed by atoms with E-state index >= 15 is 0 Å². The van der Waals surface area contributed by atoms with E-state index in [0.29, 0.717) is 27.7 Å². The number of nitrogens with one attached hydrogen (secondary N) is 1. The Morgan fingerprint density at radius 2 is 1.63 bits per heavy atom. The molecule has 1 atom stereocenters. The van der Waals surface area contributed by atoms with Gasteiger partial charge in [0.1, 0.15) is 16.6 Å². The fourth-order valence-electron chi connectivity index (χ4n) is 2.96. The van der Waals surface area contributed by atoms with Gasteiger partial charge in [0, 0.05) is 16.5 Å². The third-order valence-corrected chi connectivity index (χ3v) is 5.37. The maximum atomic E-state index is 14.1. The summed E-state index contributed by atoms with van der Waals surface area (Å²) >= 11 is 1.36. The second kappa shape index (κ2) is 8.88. The van der Waals surface area contributed by atoms with Gasteiger partial charge < -0.3 is 10.1 Å². The largest absolute Gasteiger partial charge is 0.481 e. The summed E-state index contributed by atoms with van der Waals surface area (Å²) in [4.78, 5) is 17.3. The third-order valence-electron chi connectivity index (χ3n) is 4.49. The van der Waals surface area contributed by atoms with Crippen LogP contribution in [0.4, 0.5) is 10.1 Å². The van der Waals surface area contributed by atoms with Crippen molar-refractivity contribution in [2.75, 3.05) is 5.32 Å². The van der Waals surface area contributed by atoms with E-state index in [9.17, 15) is 9.18 Å². The second-order valence-electron chi connectivity index (χ2n) is 6.63. The fourth-order valence-corrected chi connectivity index (χ4v) is 3.81. The van der Waals surface area contributed by atoms with Crippen molar-refractivity contribution in [2.45, 2.75) is 13.0 Å². The Labute approximate surface area is 178 Å². The number of carbonyl (C=O) groups is 1. The smallest absolute Gasteiger partial charge is 0.265 e. The molecule has 1 unspecified atom stereocenters. The first-order valence-electron chi connectivity index (χ1n) is 9.44. The summed E-state index contributed by atoms with van der Waals surface area (Å²) in [5.74, 6) is 0.0465. The van der Waals surface area contributed by atoms with Crippen LogP contribution in [-0.4, -0.2) is 17.0 Å². The number of ether oxygens (including phenoxy) is 1. The number of hydrogen-bond acceptors (Lipinski definition) is 4. The van der Waals surface area contributed by atoms with E-state index in [0.717, 1.165) is 5.56 Å². The molecule has 4 aromatic rings. The van der Waals surface area contributed by atoms with Crippen LogP contribution in [0.2, 0.25) is 0 Å². The third kappa shape index (κ3) is 4.39. The lowest BCUT2D eigenvalue weighted by Crippen LogP contribution is -2.30. The molecule has 4 rings (SSSR count). The predicted octanol–water partition coefficient (Wildman–Crippen LogP) is 6.02. The van der Waals surface area contributed by atoms with Crippen molar-refractivity contribution in [1.82, 2.24) is 4.98 Å². The van der Waals surface area contributed by atoms with Crippen molar-refractivity contribution < 1.29 is 13.9 Å². The van der Waals surface area contributed by atoms with E-state index in [1.165, 1.54) is 17.4 Å². The molecule has 3 aromatic carbocycles. The summed E-state index contributed by atoms with van der Waals surface area (Å²) in [5.41, 5.74) is 2.51. The molecule has 1 heterocycles. The lowest BCUT2D eigenvalue weighted by atomic mass is 10.1. The zero-order valence-corrected chi connectivity index (χ0v) is 17.0. The van der Waals surface area contributed by atoms with Gasteiger partial charge in [0.25, 0.3) is 5.91 Å². The molecule has 0 radical (unpaired) electrons. The Balaban J connectivity index is 1.55. The van der Waals surface area contributed by atoms with Crippen LogP contribution < -0.4 is 10.1 Å². The highest BCUT2D eigenvalue weighted by Crippen LogP contribution is 2.33. The highest BCUT2D eigenvalue weighted by atomic mass is 32.1. The minimum atomic E-state index is -0.676. The average Bonchev–Trinajstić information content (AvgIpc) is 3.25.